The van der Waals surface area contributed by atoms with Gasteiger partial charge in [-0.3, -0.25) is 4.79 Å². The van der Waals surface area contributed by atoms with Crippen molar-refractivity contribution in [3.63, 3.8) is 0 Å². The van der Waals surface area contributed by atoms with E-state index in [4.69, 9.17) is 10.8 Å². The monoisotopic (exact) mass is 253 g/mol. The van der Waals surface area contributed by atoms with Gasteiger partial charge in [-0.2, -0.15) is 0 Å². The summed E-state index contributed by atoms with van der Waals surface area (Å²) in [4.78, 5) is 10.8. The van der Waals surface area contributed by atoms with E-state index in [1.807, 2.05) is 36.4 Å². The Labute approximate surface area is 111 Å². The molecule has 1 atom stereocenters. The number of rotatable bonds is 2. The largest absolute Gasteiger partial charge is 0.481 e. The van der Waals surface area contributed by atoms with Crippen LogP contribution in [0.25, 0.3) is 11.1 Å². The zero-order valence-electron chi connectivity index (χ0n) is 10.7. The number of carboxylic acids is 1. The molecule has 0 spiro atoms. The first-order valence-corrected chi connectivity index (χ1v) is 6.30. The molecular formula is C16H15NO2. The van der Waals surface area contributed by atoms with Gasteiger partial charge in [0, 0.05) is 11.6 Å². The maximum Gasteiger partial charge on any atom is 0.307 e. The number of carbonyl (C=O) groups is 1. The third-order valence-electron chi connectivity index (χ3n) is 3.77. The molecule has 3 heteroatoms. The second kappa shape index (κ2) is 4.12. The van der Waals surface area contributed by atoms with Gasteiger partial charge in [0.1, 0.15) is 0 Å². The molecule has 0 saturated carbocycles. The Balaban J connectivity index is 2.11. The van der Waals surface area contributed by atoms with E-state index in [9.17, 15) is 4.79 Å². The lowest BCUT2D eigenvalue weighted by molar-refractivity contribution is -0.136. The van der Waals surface area contributed by atoms with Crippen LogP contribution in [0.2, 0.25) is 0 Å². The molecule has 3 rings (SSSR count). The van der Waals surface area contributed by atoms with E-state index in [2.05, 4.69) is 6.92 Å². The highest BCUT2D eigenvalue weighted by Crippen LogP contribution is 2.45. The van der Waals surface area contributed by atoms with Gasteiger partial charge in [0.25, 0.3) is 0 Å². The molecule has 2 aromatic carbocycles. The molecule has 96 valence electrons. The van der Waals surface area contributed by atoms with Crippen molar-refractivity contribution in [2.45, 2.75) is 19.3 Å². The summed E-state index contributed by atoms with van der Waals surface area (Å²) in [6, 6.07) is 11.9. The molecule has 0 fully saturated rings. The smallest absolute Gasteiger partial charge is 0.307 e. The standard InChI is InChI=1S/C16H15NO2/c1-9-14-6-10(7-16(18)19)2-4-12(14)13-5-3-11(17)8-15(9)13/h2-6,8-9H,7,17H2,1H3,(H,18,19). The van der Waals surface area contributed by atoms with Crippen LogP contribution in [0.1, 0.15) is 29.5 Å². The number of nitrogens with two attached hydrogens (primary N) is 1. The van der Waals surface area contributed by atoms with Crippen molar-refractivity contribution < 1.29 is 9.90 Å². The van der Waals surface area contributed by atoms with Crippen LogP contribution >= 0.6 is 0 Å². The minimum atomic E-state index is -0.799. The number of nitrogen functional groups attached to an aromatic ring is 1. The van der Waals surface area contributed by atoms with Gasteiger partial charge < -0.3 is 10.8 Å². The van der Waals surface area contributed by atoms with Gasteiger partial charge in [-0.1, -0.05) is 31.2 Å². The molecule has 2 aromatic rings. The second-order valence-electron chi connectivity index (χ2n) is 5.06. The van der Waals surface area contributed by atoms with Crippen LogP contribution in [0.3, 0.4) is 0 Å². The van der Waals surface area contributed by atoms with E-state index in [1.54, 1.807) is 0 Å². The summed E-state index contributed by atoms with van der Waals surface area (Å²) in [5, 5.41) is 8.87. The Morgan fingerprint density at radius 3 is 2.47 bits per heavy atom. The molecule has 0 radical (unpaired) electrons. The molecule has 0 saturated heterocycles. The minimum Gasteiger partial charge on any atom is -0.481 e. The summed E-state index contributed by atoms with van der Waals surface area (Å²) in [7, 11) is 0. The Hall–Kier alpha value is -2.29. The quantitative estimate of drug-likeness (QED) is 0.808. The summed E-state index contributed by atoms with van der Waals surface area (Å²) in [6.07, 6.45) is 0.0679. The van der Waals surface area contributed by atoms with Gasteiger partial charge in [-0.15, -0.1) is 0 Å². The highest BCUT2D eigenvalue weighted by molar-refractivity contribution is 5.81. The van der Waals surface area contributed by atoms with Crippen LogP contribution in [0.15, 0.2) is 36.4 Å². The normalized spacial score (nSPS) is 15.9. The number of hydrogen-bond donors (Lipinski definition) is 2. The molecule has 1 aliphatic carbocycles. The summed E-state index contributed by atoms with van der Waals surface area (Å²) in [5.41, 5.74) is 12.3. The predicted octanol–water partition coefficient (Wildman–Crippen LogP) is 3.03. The molecule has 1 aliphatic rings. The lowest BCUT2D eigenvalue weighted by Crippen LogP contribution is -2.01. The molecule has 1 unspecified atom stereocenters. The minimum absolute atomic E-state index is 0.0679. The van der Waals surface area contributed by atoms with Gasteiger partial charge in [0.05, 0.1) is 6.42 Å². The average Bonchev–Trinajstić information content (AvgIpc) is 2.62. The molecular weight excluding hydrogens is 238 g/mol. The first-order valence-electron chi connectivity index (χ1n) is 6.30. The van der Waals surface area contributed by atoms with Crippen molar-refractivity contribution in [2.24, 2.45) is 0 Å². The van der Waals surface area contributed by atoms with E-state index >= 15 is 0 Å². The molecule has 0 aromatic heterocycles. The first-order chi connectivity index (χ1) is 9.06. The number of fused-ring (bicyclic) bond motifs is 3. The van der Waals surface area contributed by atoms with Crippen LogP contribution < -0.4 is 5.73 Å². The third kappa shape index (κ3) is 1.87. The van der Waals surface area contributed by atoms with Crippen LogP contribution in [0.5, 0.6) is 0 Å². The topological polar surface area (TPSA) is 63.3 Å². The summed E-state index contributed by atoms with van der Waals surface area (Å²) >= 11 is 0. The van der Waals surface area contributed by atoms with Gasteiger partial charge in [0.15, 0.2) is 0 Å². The fourth-order valence-electron chi connectivity index (χ4n) is 2.85. The van der Waals surface area contributed by atoms with E-state index in [-0.39, 0.29) is 12.3 Å². The zero-order chi connectivity index (χ0) is 13.6. The van der Waals surface area contributed by atoms with Gasteiger partial charge in [-0.25, -0.2) is 0 Å². The highest BCUT2D eigenvalue weighted by Gasteiger charge is 2.25. The first kappa shape index (κ1) is 11.8. The molecule has 0 amide bonds. The number of carboxylic acid groups (broad SMARTS) is 1. The van der Waals surface area contributed by atoms with Crippen LogP contribution in [-0.2, 0) is 11.2 Å². The maximum absolute atomic E-state index is 10.8. The lowest BCUT2D eigenvalue weighted by Gasteiger charge is -2.08. The summed E-state index contributed by atoms with van der Waals surface area (Å²) in [6.45, 7) is 2.13. The van der Waals surface area contributed by atoms with E-state index < -0.39 is 5.97 Å². The maximum atomic E-state index is 10.8. The fraction of sp³-hybridized carbons (Fsp3) is 0.188. The highest BCUT2D eigenvalue weighted by atomic mass is 16.4. The van der Waals surface area contributed by atoms with Crippen LogP contribution in [0, 0.1) is 0 Å². The third-order valence-corrected chi connectivity index (χ3v) is 3.77. The van der Waals surface area contributed by atoms with Crippen molar-refractivity contribution in [3.8, 4) is 11.1 Å². The summed E-state index contributed by atoms with van der Waals surface area (Å²) in [5.74, 6) is -0.533. The number of anilines is 1. The van der Waals surface area contributed by atoms with Gasteiger partial charge in [0.2, 0.25) is 0 Å². The van der Waals surface area contributed by atoms with Crippen molar-refractivity contribution in [2.75, 3.05) is 5.73 Å². The molecule has 3 N–H and O–H groups in total. The van der Waals surface area contributed by atoms with E-state index in [0.717, 1.165) is 11.3 Å². The van der Waals surface area contributed by atoms with Crippen LogP contribution in [-0.4, -0.2) is 11.1 Å². The molecule has 0 aliphatic heterocycles. The lowest BCUT2D eigenvalue weighted by atomic mass is 9.97. The molecule has 0 heterocycles. The number of hydrogen-bond acceptors (Lipinski definition) is 2. The van der Waals surface area contributed by atoms with E-state index in [0.29, 0.717) is 0 Å². The Kier molecular flexibility index (Phi) is 2.56. The number of aliphatic carboxylic acids is 1. The Morgan fingerprint density at radius 1 is 1.16 bits per heavy atom. The Morgan fingerprint density at radius 2 is 1.79 bits per heavy atom. The molecule has 3 nitrogen and oxygen atoms in total. The second-order valence-corrected chi connectivity index (χ2v) is 5.06. The van der Waals surface area contributed by atoms with Gasteiger partial charge >= 0.3 is 5.97 Å². The molecule has 19 heavy (non-hydrogen) atoms. The summed E-state index contributed by atoms with van der Waals surface area (Å²) < 4.78 is 0. The van der Waals surface area contributed by atoms with Crippen molar-refractivity contribution in [3.05, 3.63) is 53.1 Å². The Bertz CT molecular complexity index is 676. The van der Waals surface area contributed by atoms with Crippen molar-refractivity contribution in [1.29, 1.82) is 0 Å². The van der Waals surface area contributed by atoms with Gasteiger partial charge in [-0.05, 0) is 39.9 Å². The number of benzene rings is 2. The predicted molar refractivity (Wildman–Crippen MR) is 75.1 cm³/mol. The molecule has 0 bridgehead atoms. The SMILES string of the molecule is CC1c2cc(N)ccc2-c2ccc(CC(=O)O)cc21. The van der Waals surface area contributed by atoms with Crippen molar-refractivity contribution in [1.82, 2.24) is 0 Å². The zero-order valence-corrected chi connectivity index (χ0v) is 10.7. The van der Waals surface area contributed by atoms with E-state index in [1.165, 1.54) is 22.3 Å². The average molecular weight is 253 g/mol. The van der Waals surface area contributed by atoms with Crippen molar-refractivity contribution >= 4 is 11.7 Å². The van der Waals surface area contributed by atoms with Crippen LogP contribution in [0.4, 0.5) is 5.69 Å². The fourth-order valence-corrected chi connectivity index (χ4v) is 2.85.